The molecule has 0 unspecified atom stereocenters. The van der Waals surface area contributed by atoms with Gasteiger partial charge in [-0.05, 0) is 30.7 Å². The summed E-state index contributed by atoms with van der Waals surface area (Å²) in [4.78, 5) is 0. The van der Waals surface area contributed by atoms with Crippen LogP contribution in [0.2, 0.25) is 0 Å². The Bertz CT molecular complexity index is 257. The lowest BCUT2D eigenvalue weighted by molar-refractivity contribution is 0.288. The summed E-state index contributed by atoms with van der Waals surface area (Å²) in [6.45, 7) is 1.89. The molecule has 0 aliphatic carbocycles. The molecule has 0 saturated carbocycles. The van der Waals surface area contributed by atoms with Gasteiger partial charge >= 0.3 is 7.32 Å². The smallest absolute Gasteiger partial charge is 0.512 e. The Kier molecular flexibility index (Phi) is 3.14. The maximum absolute atomic E-state index is 8.51. The zero-order chi connectivity index (χ0) is 9.14. The third-order valence-electron chi connectivity index (χ3n) is 1.26. The SMILES string of the molecule is Cc1cc(Br)cc(OB(O)O)c1. The topological polar surface area (TPSA) is 49.7 Å². The molecule has 0 aliphatic heterocycles. The molecule has 0 spiro atoms. The van der Waals surface area contributed by atoms with Gasteiger partial charge in [0.1, 0.15) is 5.75 Å². The van der Waals surface area contributed by atoms with Crippen molar-refractivity contribution in [3.05, 3.63) is 28.2 Å². The first-order chi connectivity index (χ1) is 5.58. The number of halogens is 1. The summed E-state index contributed by atoms with van der Waals surface area (Å²) in [6.07, 6.45) is 0. The van der Waals surface area contributed by atoms with Crippen LogP contribution in [0.15, 0.2) is 22.7 Å². The minimum absolute atomic E-state index is 0.428. The van der Waals surface area contributed by atoms with Gasteiger partial charge in [-0.15, -0.1) is 0 Å². The Hall–Kier alpha value is -0.515. The summed E-state index contributed by atoms with van der Waals surface area (Å²) in [5, 5.41) is 17.0. The monoisotopic (exact) mass is 230 g/mol. The van der Waals surface area contributed by atoms with Crippen molar-refractivity contribution in [2.75, 3.05) is 0 Å². The van der Waals surface area contributed by atoms with E-state index in [9.17, 15) is 0 Å². The lowest BCUT2D eigenvalue weighted by Crippen LogP contribution is -2.20. The van der Waals surface area contributed by atoms with Gasteiger partial charge in [0.2, 0.25) is 0 Å². The lowest BCUT2D eigenvalue weighted by atomic mass is 10.2. The molecule has 0 saturated heterocycles. The second kappa shape index (κ2) is 3.93. The molecule has 3 nitrogen and oxygen atoms in total. The van der Waals surface area contributed by atoms with E-state index in [1.54, 1.807) is 12.1 Å². The Morgan fingerprint density at radius 1 is 1.33 bits per heavy atom. The van der Waals surface area contributed by atoms with Crippen LogP contribution in [-0.4, -0.2) is 17.4 Å². The van der Waals surface area contributed by atoms with Crippen molar-refractivity contribution in [2.24, 2.45) is 0 Å². The van der Waals surface area contributed by atoms with E-state index in [0.717, 1.165) is 10.0 Å². The molecule has 1 rings (SSSR count). The standard InChI is InChI=1S/C7H8BBrO3/c1-5-2-6(9)4-7(3-5)12-8(10)11/h2-4,10-11H,1H3. The van der Waals surface area contributed by atoms with Crippen LogP contribution in [0.3, 0.4) is 0 Å². The molecule has 0 aromatic heterocycles. The van der Waals surface area contributed by atoms with Gasteiger partial charge in [-0.1, -0.05) is 15.9 Å². The number of rotatable bonds is 2. The van der Waals surface area contributed by atoms with Crippen molar-refractivity contribution in [3.63, 3.8) is 0 Å². The van der Waals surface area contributed by atoms with Crippen molar-refractivity contribution in [1.82, 2.24) is 0 Å². The van der Waals surface area contributed by atoms with E-state index in [1.165, 1.54) is 0 Å². The van der Waals surface area contributed by atoms with Crippen LogP contribution >= 0.6 is 15.9 Å². The molecule has 1 aromatic carbocycles. The fourth-order valence-electron chi connectivity index (χ4n) is 0.893. The summed E-state index contributed by atoms with van der Waals surface area (Å²) < 4.78 is 5.50. The molecule has 12 heavy (non-hydrogen) atoms. The normalized spacial score (nSPS) is 9.67. The van der Waals surface area contributed by atoms with Crippen molar-refractivity contribution in [1.29, 1.82) is 0 Å². The number of hydrogen-bond acceptors (Lipinski definition) is 3. The Balaban J connectivity index is 2.85. The fourth-order valence-corrected chi connectivity index (χ4v) is 1.48. The molecule has 5 heteroatoms. The Labute approximate surface area is 79.3 Å². The fraction of sp³-hybridized carbons (Fsp3) is 0.143. The minimum atomic E-state index is -1.77. The molecule has 0 amide bonds. The minimum Gasteiger partial charge on any atom is -0.512 e. The molecular formula is C7H8BBrO3. The van der Waals surface area contributed by atoms with E-state index < -0.39 is 7.32 Å². The molecule has 0 fully saturated rings. The van der Waals surface area contributed by atoms with E-state index in [2.05, 4.69) is 20.6 Å². The molecule has 0 heterocycles. The molecule has 0 aliphatic rings. The van der Waals surface area contributed by atoms with Crippen LogP contribution in [-0.2, 0) is 0 Å². The molecule has 0 radical (unpaired) electrons. The van der Waals surface area contributed by atoms with Crippen LogP contribution in [0.1, 0.15) is 5.56 Å². The van der Waals surface area contributed by atoms with E-state index in [4.69, 9.17) is 10.0 Å². The van der Waals surface area contributed by atoms with Crippen molar-refractivity contribution in [2.45, 2.75) is 6.92 Å². The van der Waals surface area contributed by atoms with Gasteiger partial charge in [0.05, 0.1) is 0 Å². The highest BCUT2D eigenvalue weighted by Gasteiger charge is 2.11. The summed E-state index contributed by atoms with van der Waals surface area (Å²) in [6, 6.07) is 5.27. The summed E-state index contributed by atoms with van der Waals surface area (Å²) in [7, 11) is -1.77. The first-order valence-corrected chi connectivity index (χ1v) is 4.17. The first-order valence-electron chi connectivity index (χ1n) is 3.38. The van der Waals surface area contributed by atoms with Gasteiger partial charge in [-0.2, -0.15) is 0 Å². The quantitative estimate of drug-likeness (QED) is 0.749. The number of aryl methyl sites for hydroxylation is 1. The van der Waals surface area contributed by atoms with Gasteiger partial charge in [-0.25, -0.2) is 0 Å². The van der Waals surface area contributed by atoms with Crippen molar-refractivity contribution < 1.29 is 14.7 Å². The van der Waals surface area contributed by atoms with E-state index >= 15 is 0 Å². The van der Waals surface area contributed by atoms with Crippen molar-refractivity contribution in [3.8, 4) is 5.75 Å². The molecule has 2 N–H and O–H groups in total. The van der Waals surface area contributed by atoms with Crippen LogP contribution in [0.4, 0.5) is 0 Å². The van der Waals surface area contributed by atoms with Crippen LogP contribution < -0.4 is 4.65 Å². The van der Waals surface area contributed by atoms with E-state index in [-0.39, 0.29) is 0 Å². The van der Waals surface area contributed by atoms with Crippen LogP contribution in [0.25, 0.3) is 0 Å². The zero-order valence-corrected chi connectivity index (χ0v) is 8.08. The third kappa shape index (κ3) is 2.85. The predicted octanol–water partition coefficient (Wildman–Crippen LogP) is 1.11. The highest BCUT2D eigenvalue weighted by molar-refractivity contribution is 9.10. The highest BCUT2D eigenvalue weighted by Crippen LogP contribution is 2.20. The van der Waals surface area contributed by atoms with Crippen LogP contribution in [0.5, 0.6) is 5.75 Å². The van der Waals surface area contributed by atoms with Gasteiger partial charge in [0, 0.05) is 4.47 Å². The van der Waals surface area contributed by atoms with E-state index in [0.29, 0.717) is 5.75 Å². The van der Waals surface area contributed by atoms with E-state index in [1.807, 2.05) is 13.0 Å². The number of hydrogen-bond donors (Lipinski definition) is 2. The number of benzene rings is 1. The predicted molar refractivity (Wildman–Crippen MR) is 49.7 cm³/mol. The molecule has 1 aromatic rings. The molecule has 64 valence electrons. The Morgan fingerprint density at radius 3 is 2.50 bits per heavy atom. The van der Waals surface area contributed by atoms with Crippen molar-refractivity contribution >= 4 is 23.3 Å². The maximum atomic E-state index is 8.51. The Morgan fingerprint density at radius 2 is 2.00 bits per heavy atom. The largest absolute Gasteiger partial charge is 0.707 e. The summed E-state index contributed by atoms with van der Waals surface area (Å²) in [5.74, 6) is 0.428. The van der Waals surface area contributed by atoms with Crippen LogP contribution in [0, 0.1) is 6.92 Å². The molecule has 0 atom stereocenters. The first kappa shape index (κ1) is 9.57. The van der Waals surface area contributed by atoms with Gasteiger partial charge in [0.15, 0.2) is 0 Å². The summed E-state index contributed by atoms with van der Waals surface area (Å²) >= 11 is 3.26. The van der Waals surface area contributed by atoms with Gasteiger partial charge < -0.3 is 14.7 Å². The van der Waals surface area contributed by atoms with Gasteiger partial charge in [0.25, 0.3) is 0 Å². The maximum Gasteiger partial charge on any atom is 0.707 e. The molecule has 0 bridgehead atoms. The second-order valence-electron chi connectivity index (χ2n) is 2.41. The zero-order valence-electron chi connectivity index (χ0n) is 6.49. The average Bonchev–Trinajstić information content (AvgIpc) is 1.81. The lowest BCUT2D eigenvalue weighted by Gasteiger charge is -2.05. The highest BCUT2D eigenvalue weighted by atomic mass is 79.9. The average molecular weight is 231 g/mol. The molecular weight excluding hydrogens is 223 g/mol. The second-order valence-corrected chi connectivity index (χ2v) is 3.32. The summed E-state index contributed by atoms with van der Waals surface area (Å²) in [5.41, 5.74) is 0.986. The third-order valence-corrected chi connectivity index (χ3v) is 1.71. The van der Waals surface area contributed by atoms with Gasteiger partial charge in [-0.3, -0.25) is 0 Å².